The summed E-state index contributed by atoms with van der Waals surface area (Å²) >= 11 is 0. The molecule has 0 saturated heterocycles. The summed E-state index contributed by atoms with van der Waals surface area (Å²) in [5.41, 5.74) is 9.33. The van der Waals surface area contributed by atoms with Crippen molar-refractivity contribution in [1.29, 1.82) is 0 Å². The summed E-state index contributed by atoms with van der Waals surface area (Å²) in [7, 11) is 0. The second kappa shape index (κ2) is 13.7. The van der Waals surface area contributed by atoms with E-state index in [1.807, 2.05) is 67.3 Å². The topological polar surface area (TPSA) is 106 Å². The van der Waals surface area contributed by atoms with Crippen molar-refractivity contribution in [3.8, 4) is 11.5 Å². The molecule has 2 fully saturated rings. The number of amides is 1. The lowest BCUT2D eigenvalue weighted by Gasteiger charge is -2.41. The lowest BCUT2D eigenvalue weighted by Crippen LogP contribution is -2.52. The summed E-state index contributed by atoms with van der Waals surface area (Å²) in [6.45, 7) is 4.99. The minimum atomic E-state index is -0.288. The fourth-order valence-corrected chi connectivity index (χ4v) is 7.08. The van der Waals surface area contributed by atoms with E-state index in [1.165, 1.54) is 25.7 Å². The Bertz CT molecular complexity index is 1440. The largest absolute Gasteiger partial charge is 0.457 e. The van der Waals surface area contributed by atoms with Crippen LogP contribution in [0.5, 0.6) is 11.5 Å². The first kappa shape index (κ1) is 30.0. The molecular formula is C35H45N5O4. The maximum Gasteiger partial charge on any atom is 0.410 e. The molecule has 6 rings (SSSR count). The predicted octanol–water partition coefficient (Wildman–Crippen LogP) is 7.77. The summed E-state index contributed by atoms with van der Waals surface area (Å²) in [6.07, 6.45) is 10.9. The molecule has 3 aromatic rings. The number of oxazole rings is 1. The second-order valence-electron chi connectivity index (χ2n) is 12.5. The minimum absolute atomic E-state index is 0.0703. The monoisotopic (exact) mass is 599 g/mol. The number of fused-ring (bicyclic) bond motifs is 1. The van der Waals surface area contributed by atoms with Gasteiger partial charge in [0.15, 0.2) is 11.9 Å². The van der Waals surface area contributed by atoms with E-state index in [0.29, 0.717) is 30.9 Å². The quantitative estimate of drug-likeness (QED) is 0.268. The highest BCUT2D eigenvalue weighted by Gasteiger charge is 2.35. The molecule has 0 radical (unpaired) electrons. The molecule has 0 bridgehead atoms. The van der Waals surface area contributed by atoms with Gasteiger partial charge in [-0.2, -0.15) is 0 Å². The van der Waals surface area contributed by atoms with Gasteiger partial charge in [-0.25, -0.2) is 14.8 Å². The number of rotatable bonds is 9. The standard InChI is InChI=1S/C35H45N5O4/c1-24-32(37-25(2)43-24)22-39(28-14-8-4-9-15-28)35(41)42-23-33(26-12-6-3-7-13-26)40-21-27-20-30(18-19-31(27)38-34(40)36)44-29-16-10-5-11-17-29/h5,10-11,16-20,26,28,33H,3-4,6-9,12-15,21-23H2,1-2H3,(H2,36,38)/t33-/m0/s1. The van der Waals surface area contributed by atoms with Crippen molar-refractivity contribution >= 4 is 17.7 Å². The van der Waals surface area contributed by atoms with Crippen LogP contribution in [0.3, 0.4) is 0 Å². The van der Waals surface area contributed by atoms with Crippen LogP contribution >= 0.6 is 0 Å². The molecule has 3 aliphatic rings. The van der Waals surface area contributed by atoms with Crippen molar-refractivity contribution in [3.05, 3.63) is 71.4 Å². The van der Waals surface area contributed by atoms with Crippen LogP contribution in [-0.4, -0.2) is 45.5 Å². The van der Waals surface area contributed by atoms with Gasteiger partial charge < -0.3 is 24.5 Å². The average Bonchev–Trinajstić information content (AvgIpc) is 3.37. The SMILES string of the molecule is Cc1nc(CN(C(=O)OC[C@@H](C2CCCCC2)N2Cc3cc(Oc4ccccc4)ccc3N=C2N)C2CCCCC2)c(C)o1. The number of ether oxygens (including phenoxy) is 2. The number of carbonyl (C=O) groups excluding carboxylic acids is 1. The van der Waals surface area contributed by atoms with E-state index in [4.69, 9.17) is 24.6 Å². The maximum absolute atomic E-state index is 13.9. The van der Waals surface area contributed by atoms with Gasteiger partial charge in [0.25, 0.3) is 0 Å². The van der Waals surface area contributed by atoms with Crippen LogP contribution in [0.1, 0.15) is 87.1 Å². The number of benzene rings is 2. The molecule has 2 aromatic carbocycles. The Kier molecular flexibility index (Phi) is 9.38. The van der Waals surface area contributed by atoms with Gasteiger partial charge in [0, 0.05) is 25.1 Å². The summed E-state index contributed by atoms with van der Waals surface area (Å²) in [5, 5.41) is 0. The van der Waals surface area contributed by atoms with Gasteiger partial charge in [-0.15, -0.1) is 0 Å². The second-order valence-corrected chi connectivity index (χ2v) is 12.5. The summed E-state index contributed by atoms with van der Waals surface area (Å²) in [5.74, 6) is 3.74. The van der Waals surface area contributed by atoms with Crippen LogP contribution in [0.2, 0.25) is 0 Å². The highest BCUT2D eigenvalue weighted by Crippen LogP contribution is 2.36. The van der Waals surface area contributed by atoms with Gasteiger partial charge in [0.2, 0.25) is 0 Å². The normalized spacial score (nSPS) is 18.3. The number of aliphatic imine (C=N–C) groups is 1. The summed E-state index contributed by atoms with van der Waals surface area (Å²) in [4.78, 5) is 27.3. The molecule has 9 nitrogen and oxygen atoms in total. The smallest absolute Gasteiger partial charge is 0.410 e. The third-order valence-corrected chi connectivity index (χ3v) is 9.44. The molecule has 2 aliphatic carbocycles. The van der Waals surface area contributed by atoms with Crippen molar-refractivity contribution in [1.82, 2.24) is 14.8 Å². The number of carbonyl (C=O) groups is 1. The van der Waals surface area contributed by atoms with Crippen molar-refractivity contribution < 1.29 is 18.7 Å². The molecule has 0 unspecified atom stereocenters. The Balaban J connectivity index is 1.21. The highest BCUT2D eigenvalue weighted by atomic mass is 16.6. The number of aryl methyl sites for hydroxylation is 2. The van der Waals surface area contributed by atoms with Gasteiger partial charge in [-0.1, -0.05) is 56.7 Å². The van der Waals surface area contributed by atoms with Gasteiger partial charge in [-0.3, -0.25) is 4.90 Å². The van der Waals surface area contributed by atoms with Gasteiger partial charge >= 0.3 is 6.09 Å². The van der Waals surface area contributed by atoms with Gasteiger partial charge in [0.1, 0.15) is 29.6 Å². The van der Waals surface area contributed by atoms with E-state index in [2.05, 4.69) is 9.88 Å². The number of hydrogen-bond donors (Lipinski definition) is 1. The van der Waals surface area contributed by atoms with Crippen LogP contribution in [0.15, 0.2) is 57.9 Å². The van der Waals surface area contributed by atoms with Crippen molar-refractivity contribution in [2.45, 2.75) is 103 Å². The first-order chi connectivity index (χ1) is 21.4. The minimum Gasteiger partial charge on any atom is -0.457 e. The fraction of sp³-hybridized carbons (Fsp3) is 0.514. The highest BCUT2D eigenvalue weighted by molar-refractivity contribution is 5.84. The molecule has 234 valence electrons. The van der Waals surface area contributed by atoms with Crippen molar-refractivity contribution in [3.63, 3.8) is 0 Å². The Hall–Kier alpha value is -4.01. The molecule has 0 spiro atoms. The van der Waals surface area contributed by atoms with Crippen molar-refractivity contribution in [2.75, 3.05) is 6.61 Å². The zero-order valence-corrected chi connectivity index (χ0v) is 26.0. The molecular weight excluding hydrogens is 554 g/mol. The Morgan fingerprint density at radius 1 is 1.00 bits per heavy atom. The third kappa shape index (κ3) is 7.03. The van der Waals surface area contributed by atoms with E-state index in [0.717, 1.165) is 72.7 Å². The van der Waals surface area contributed by atoms with E-state index in [1.54, 1.807) is 0 Å². The van der Waals surface area contributed by atoms with Crippen LogP contribution in [-0.2, 0) is 17.8 Å². The molecule has 2 N–H and O–H groups in total. The number of hydrogen-bond acceptors (Lipinski definition) is 8. The van der Waals surface area contributed by atoms with E-state index in [9.17, 15) is 4.79 Å². The number of para-hydroxylation sites is 1. The molecule has 1 amide bonds. The fourth-order valence-electron chi connectivity index (χ4n) is 7.08. The third-order valence-electron chi connectivity index (χ3n) is 9.44. The predicted molar refractivity (Wildman–Crippen MR) is 170 cm³/mol. The van der Waals surface area contributed by atoms with Crippen LogP contribution in [0, 0.1) is 19.8 Å². The maximum atomic E-state index is 13.9. The zero-order valence-electron chi connectivity index (χ0n) is 26.0. The summed E-state index contributed by atoms with van der Waals surface area (Å²) < 4.78 is 18.0. The van der Waals surface area contributed by atoms with Gasteiger partial charge in [-0.05, 0) is 68.9 Å². The lowest BCUT2D eigenvalue weighted by molar-refractivity contribution is 0.0394. The number of guanidine groups is 1. The van der Waals surface area contributed by atoms with Crippen LogP contribution in [0.4, 0.5) is 10.5 Å². The number of nitrogens with two attached hydrogens (primary N) is 1. The van der Waals surface area contributed by atoms with Crippen LogP contribution < -0.4 is 10.5 Å². The Morgan fingerprint density at radius 3 is 2.43 bits per heavy atom. The first-order valence-corrected chi connectivity index (χ1v) is 16.3. The van der Waals surface area contributed by atoms with E-state index in [-0.39, 0.29) is 24.8 Å². The molecule has 9 heteroatoms. The molecule has 2 heterocycles. The Labute approximate surface area is 260 Å². The molecule has 1 aliphatic heterocycles. The Morgan fingerprint density at radius 2 is 1.73 bits per heavy atom. The molecule has 1 atom stereocenters. The van der Waals surface area contributed by atoms with E-state index < -0.39 is 0 Å². The summed E-state index contributed by atoms with van der Waals surface area (Å²) in [6, 6.07) is 15.8. The van der Waals surface area contributed by atoms with Crippen molar-refractivity contribution in [2.24, 2.45) is 16.6 Å². The van der Waals surface area contributed by atoms with Gasteiger partial charge in [0.05, 0.1) is 18.3 Å². The first-order valence-electron chi connectivity index (χ1n) is 16.3. The zero-order chi connectivity index (χ0) is 30.5. The van der Waals surface area contributed by atoms with Crippen LogP contribution in [0.25, 0.3) is 0 Å². The number of aromatic nitrogens is 1. The average molecular weight is 600 g/mol. The lowest BCUT2D eigenvalue weighted by atomic mass is 9.83. The van der Waals surface area contributed by atoms with E-state index >= 15 is 0 Å². The number of nitrogens with zero attached hydrogens (tertiary/aromatic N) is 4. The molecule has 44 heavy (non-hydrogen) atoms. The molecule has 1 aromatic heterocycles. The molecule has 2 saturated carbocycles.